The van der Waals surface area contributed by atoms with E-state index in [1.54, 1.807) is 12.1 Å². The van der Waals surface area contributed by atoms with Crippen molar-refractivity contribution in [2.75, 3.05) is 32.7 Å². The highest BCUT2D eigenvalue weighted by molar-refractivity contribution is 5.22. The molecule has 0 aromatic heterocycles. The summed E-state index contributed by atoms with van der Waals surface area (Å²) in [4.78, 5) is 2.58. The van der Waals surface area contributed by atoms with Gasteiger partial charge in [-0.3, -0.25) is 4.90 Å². The van der Waals surface area contributed by atoms with Crippen LogP contribution in [0.25, 0.3) is 0 Å². The average molecular weight is 291 g/mol. The smallest absolute Gasteiger partial charge is 0.123 e. The van der Waals surface area contributed by atoms with E-state index in [0.29, 0.717) is 18.0 Å². The van der Waals surface area contributed by atoms with E-state index in [9.17, 15) is 4.39 Å². The van der Waals surface area contributed by atoms with Crippen LogP contribution in [0.5, 0.6) is 0 Å². The van der Waals surface area contributed by atoms with Gasteiger partial charge in [-0.05, 0) is 56.5 Å². The van der Waals surface area contributed by atoms with Crippen molar-refractivity contribution in [1.29, 1.82) is 0 Å². The predicted molar refractivity (Wildman–Crippen MR) is 83.8 cm³/mol. The molecule has 2 saturated heterocycles. The van der Waals surface area contributed by atoms with Gasteiger partial charge in [0.15, 0.2) is 0 Å². The molecule has 2 aliphatic heterocycles. The lowest BCUT2D eigenvalue weighted by atomic mass is 9.84. The summed E-state index contributed by atoms with van der Waals surface area (Å²) in [5, 5.41) is 6.90. The van der Waals surface area contributed by atoms with E-state index in [0.717, 1.165) is 38.3 Å². The van der Waals surface area contributed by atoms with E-state index in [-0.39, 0.29) is 5.82 Å². The van der Waals surface area contributed by atoms with Crippen molar-refractivity contribution in [2.45, 2.75) is 31.8 Å². The largest absolute Gasteiger partial charge is 0.317 e. The zero-order valence-electron chi connectivity index (χ0n) is 12.8. The van der Waals surface area contributed by atoms with Crippen molar-refractivity contribution < 1.29 is 4.39 Å². The summed E-state index contributed by atoms with van der Waals surface area (Å²) in [7, 11) is 0. The standard InChI is InChI=1S/C17H26FN3/c1-13-12-20-9-10-21(13)17(14-5-7-19-8-6-14)15-3-2-4-16(18)11-15/h2-4,11,13-14,17,19-20H,5-10,12H2,1H3/t13-,17?/m0/s1. The second-order valence-corrected chi connectivity index (χ2v) is 6.38. The first-order valence-corrected chi connectivity index (χ1v) is 8.18. The molecule has 2 heterocycles. The summed E-state index contributed by atoms with van der Waals surface area (Å²) in [6.07, 6.45) is 2.36. The van der Waals surface area contributed by atoms with Crippen LogP contribution >= 0.6 is 0 Å². The first-order valence-electron chi connectivity index (χ1n) is 8.18. The molecular weight excluding hydrogens is 265 g/mol. The number of halogens is 1. The van der Waals surface area contributed by atoms with Gasteiger partial charge in [0, 0.05) is 31.7 Å². The van der Waals surface area contributed by atoms with Crippen LogP contribution in [0.2, 0.25) is 0 Å². The van der Waals surface area contributed by atoms with E-state index < -0.39 is 0 Å². The summed E-state index contributed by atoms with van der Waals surface area (Å²) in [6.45, 7) is 7.54. The summed E-state index contributed by atoms with van der Waals surface area (Å²) in [6, 6.07) is 8.09. The van der Waals surface area contributed by atoms with Crippen molar-refractivity contribution in [1.82, 2.24) is 15.5 Å². The molecule has 2 N–H and O–H groups in total. The van der Waals surface area contributed by atoms with Crippen molar-refractivity contribution in [2.24, 2.45) is 5.92 Å². The molecule has 0 radical (unpaired) electrons. The Bertz CT molecular complexity index is 459. The highest BCUT2D eigenvalue weighted by atomic mass is 19.1. The molecule has 1 unspecified atom stereocenters. The van der Waals surface area contributed by atoms with Crippen molar-refractivity contribution >= 4 is 0 Å². The molecule has 0 saturated carbocycles. The molecular formula is C17H26FN3. The van der Waals surface area contributed by atoms with Crippen molar-refractivity contribution in [3.05, 3.63) is 35.6 Å². The lowest BCUT2D eigenvalue weighted by molar-refractivity contribution is 0.0658. The molecule has 116 valence electrons. The second-order valence-electron chi connectivity index (χ2n) is 6.38. The Morgan fingerprint density at radius 3 is 2.71 bits per heavy atom. The van der Waals surface area contributed by atoms with Crippen LogP contribution in [0.4, 0.5) is 4.39 Å². The Labute approximate surface area is 126 Å². The molecule has 2 fully saturated rings. The molecule has 4 heteroatoms. The Hall–Kier alpha value is -0.970. The minimum atomic E-state index is -0.116. The Kier molecular flexibility index (Phi) is 4.88. The number of nitrogens with one attached hydrogen (secondary N) is 2. The van der Waals surface area contributed by atoms with Crippen LogP contribution in [-0.2, 0) is 0 Å². The van der Waals surface area contributed by atoms with Gasteiger partial charge in [0.2, 0.25) is 0 Å². The van der Waals surface area contributed by atoms with E-state index in [1.807, 2.05) is 6.07 Å². The molecule has 3 nitrogen and oxygen atoms in total. The molecule has 21 heavy (non-hydrogen) atoms. The maximum absolute atomic E-state index is 13.7. The fraction of sp³-hybridized carbons (Fsp3) is 0.647. The number of nitrogens with zero attached hydrogens (tertiary/aromatic N) is 1. The highest BCUT2D eigenvalue weighted by Crippen LogP contribution is 2.36. The highest BCUT2D eigenvalue weighted by Gasteiger charge is 2.33. The summed E-state index contributed by atoms with van der Waals surface area (Å²) in [5.41, 5.74) is 1.15. The minimum Gasteiger partial charge on any atom is -0.317 e. The molecule has 0 bridgehead atoms. The van der Waals surface area contributed by atoms with Crippen LogP contribution in [0.3, 0.4) is 0 Å². The third kappa shape index (κ3) is 3.44. The SMILES string of the molecule is C[C@H]1CNCCN1C(c1cccc(F)c1)C1CCNCC1. The van der Waals surface area contributed by atoms with Crippen molar-refractivity contribution in [3.8, 4) is 0 Å². The number of rotatable bonds is 3. The normalized spacial score (nSPS) is 26.7. The van der Waals surface area contributed by atoms with Crippen LogP contribution < -0.4 is 10.6 Å². The van der Waals surface area contributed by atoms with Gasteiger partial charge >= 0.3 is 0 Å². The van der Waals surface area contributed by atoms with Crippen molar-refractivity contribution in [3.63, 3.8) is 0 Å². The quantitative estimate of drug-likeness (QED) is 0.893. The zero-order chi connectivity index (χ0) is 14.7. The van der Waals surface area contributed by atoms with Crippen LogP contribution in [0.15, 0.2) is 24.3 Å². The number of benzene rings is 1. The zero-order valence-corrected chi connectivity index (χ0v) is 12.8. The third-order valence-electron chi connectivity index (χ3n) is 4.93. The van der Waals surface area contributed by atoms with Crippen LogP contribution in [0, 0.1) is 11.7 Å². The summed E-state index contributed by atoms with van der Waals surface area (Å²) in [5.74, 6) is 0.503. The molecule has 1 aromatic carbocycles. The maximum atomic E-state index is 13.7. The molecule has 0 amide bonds. The van der Waals surface area contributed by atoms with Gasteiger partial charge in [0.1, 0.15) is 5.82 Å². The maximum Gasteiger partial charge on any atom is 0.123 e. The molecule has 0 spiro atoms. The molecule has 0 aliphatic carbocycles. The third-order valence-corrected chi connectivity index (χ3v) is 4.93. The van der Waals surface area contributed by atoms with Gasteiger partial charge in [-0.2, -0.15) is 0 Å². The summed E-state index contributed by atoms with van der Waals surface area (Å²) >= 11 is 0. The number of piperidine rings is 1. The monoisotopic (exact) mass is 291 g/mol. The van der Waals surface area contributed by atoms with E-state index in [4.69, 9.17) is 0 Å². The first kappa shape index (κ1) is 14.9. The topological polar surface area (TPSA) is 27.3 Å². The van der Waals surface area contributed by atoms with E-state index in [2.05, 4.69) is 28.5 Å². The second kappa shape index (κ2) is 6.86. The van der Waals surface area contributed by atoms with E-state index in [1.165, 1.54) is 12.8 Å². The molecule has 2 aliphatic rings. The lowest BCUT2D eigenvalue weighted by Crippen LogP contribution is -2.53. The average Bonchev–Trinajstić information content (AvgIpc) is 2.51. The Morgan fingerprint density at radius 2 is 2.00 bits per heavy atom. The van der Waals surface area contributed by atoms with Crippen LogP contribution in [0.1, 0.15) is 31.4 Å². The van der Waals surface area contributed by atoms with Crippen LogP contribution in [-0.4, -0.2) is 43.7 Å². The minimum absolute atomic E-state index is 0.116. The van der Waals surface area contributed by atoms with Gasteiger partial charge in [0.05, 0.1) is 0 Å². The Morgan fingerprint density at radius 1 is 1.19 bits per heavy atom. The van der Waals surface area contributed by atoms with Gasteiger partial charge in [-0.25, -0.2) is 4.39 Å². The summed E-state index contributed by atoms with van der Waals surface area (Å²) < 4.78 is 13.7. The van der Waals surface area contributed by atoms with Gasteiger partial charge in [-0.15, -0.1) is 0 Å². The number of piperazine rings is 1. The fourth-order valence-electron chi connectivity index (χ4n) is 3.85. The van der Waals surface area contributed by atoms with Gasteiger partial charge < -0.3 is 10.6 Å². The number of hydrogen-bond donors (Lipinski definition) is 2. The van der Waals surface area contributed by atoms with Gasteiger partial charge in [-0.1, -0.05) is 12.1 Å². The molecule has 3 rings (SSSR count). The van der Waals surface area contributed by atoms with E-state index >= 15 is 0 Å². The Balaban J connectivity index is 1.89. The fourth-order valence-corrected chi connectivity index (χ4v) is 3.85. The molecule has 1 aromatic rings. The number of hydrogen-bond acceptors (Lipinski definition) is 3. The molecule has 2 atom stereocenters. The van der Waals surface area contributed by atoms with Gasteiger partial charge in [0.25, 0.3) is 0 Å². The first-order chi connectivity index (χ1) is 10.3. The lowest BCUT2D eigenvalue weighted by Gasteiger charge is -2.44. The predicted octanol–water partition coefficient (Wildman–Crippen LogP) is 2.16.